The van der Waals surface area contributed by atoms with Gasteiger partial charge in [0.25, 0.3) is 15.9 Å². The molecule has 2 aromatic carbocycles. The predicted octanol–water partition coefficient (Wildman–Crippen LogP) is 2.59. The van der Waals surface area contributed by atoms with Gasteiger partial charge in [0.05, 0.1) is 18.6 Å². The highest BCUT2D eigenvalue weighted by Crippen LogP contribution is 2.42. The first kappa shape index (κ1) is 19.8. The molecule has 2 heterocycles. The minimum absolute atomic E-state index is 0.00115. The smallest absolute Gasteiger partial charge is 0.257 e. The lowest BCUT2D eigenvalue weighted by atomic mass is 10.1. The van der Waals surface area contributed by atoms with Crippen LogP contribution in [0.25, 0.3) is 0 Å². The van der Waals surface area contributed by atoms with E-state index >= 15 is 0 Å². The van der Waals surface area contributed by atoms with Crippen molar-refractivity contribution in [3.63, 3.8) is 0 Å². The molecule has 2 aliphatic rings. The van der Waals surface area contributed by atoms with Crippen molar-refractivity contribution < 1.29 is 17.9 Å². The van der Waals surface area contributed by atoms with E-state index < -0.39 is 10.0 Å². The highest BCUT2D eigenvalue weighted by atomic mass is 32.2. The van der Waals surface area contributed by atoms with Gasteiger partial charge in [0.2, 0.25) is 0 Å². The Labute approximate surface area is 174 Å². The number of nitrogens with one attached hydrogen (secondary N) is 1. The quantitative estimate of drug-likeness (QED) is 0.783. The van der Waals surface area contributed by atoms with E-state index in [1.165, 1.54) is 11.8 Å². The predicted molar refractivity (Wildman–Crippen MR) is 115 cm³/mol. The van der Waals surface area contributed by atoms with Gasteiger partial charge in [-0.05, 0) is 54.9 Å². The maximum absolute atomic E-state index is 12.6. The zero-order chi connectivity index (χ0) is 20.6. The van der Waals surface area contributed by atoms with Crippen molar-refractivity contribution >= 4 is 38.5 Å². The lowest BCUT2D eigenvalue weighted by Gasteiger charge is -2.22. The molecule has 2 aliphatic heterocycles. The maximum Gasteiger partial charge on any atom is 0.257 e. The monoisotopic (exact) mass is 431 g/mol. The fraction of sp³-hybridized carbons (Fsp3) is 0.300. The Balaban J connectivity index is 1.43. The van der Waals surface area contributed by atoms with Gasteiger partial charge in [-0.25, -0.2) is 8.42 Å². The first-order valence-corrected chi connectivity index (χ1v) is 11.6. The fourth-order valence-corrected chi connectivity index (χ4v) is 5.68. The number of hydrogen-bond donors (Lipinski definition) is 1. The Morgan fingerprint density at radius 1 is 1.28 bits per heavy atom. The first-order chi connectivity index (χ1) is 13.9. The number of amidine groups is 1. The van der Waals surface area contributed by atoms with E-state index in [0.29, 0.717) is 30.2 Å². The molecule has 7 nitrogen and oxygen atoms in total. The topological polar surface area (TPSA) is 88.1 Å². The molecule has 0 radical (unpaired) electrons. The number of amides is 1. The summed E-state index contributed by atoms with van der Waals surface area (Å²) in [5.41, 5.74) is 3.62. The van der Waals surface area contributed by atoms with Gasteiger partial charge < -0.3 is 15.0 Å². The van der Waals surface area contributed by atoms with Crippen molar-refractivity contribution in [2.24, 2.45) is 4.40 Å². The van der Waals surface area contributed by atoms with Crippen molar-refractivity contribution in [1.29, 1.82) is 0 Å². The number of sulfonamides is 1. The van der Waals surface area contributed by atoms with Gasteiger partial charge >= 0.3 is 0 Å². The van der Waals surface area contributed by atoms with Crippen molar-refractivity contribution in [2.75, 3.05) is 30.9 Å². The van der Waals surface area contributed by atoms with Gasteiger partial charge in [-0.3, -0.25) is 4.79 Å². The first-order valence-electron chi connectivity index (χ1n) is 9.20. The summed E-state index contributed by atoms with van der Waals surface area (Å²) in [7, 11) is -1.76. The summed E-state index contributed by atoms with van der Waals surface area (Å²) in [6.07, 6.45) is 0.665. The zero-order valence-corrected chi connectivity index (χ0v) is 17.8. The molecule has 1 amide bonds. The van der Waals surface area contributed by atoms with Gasteiger partial charge in [-0.15, -0.1) is 4.40 Å². The number of methoxy groups -OCH3 is 1. The lowest BCUT2D eigenvalue weighted by molar-refractivity contribution is 0.0954. The number of hydrogen-bond acceptors (Lipinski definition) is 6. The number of anilines is 1. The molecule has 0 bridgehead atoms. The van der Waals surface area contributed by atoms with Crippen LogP contribution in [0.3, 0.4) is 0 Å². The maximum atomic E-state index is 12.6. The molecule has 1 N–H and O–H groups in total. The number of nitrogens with zero attached hydrogens (tertiary/aromatic N) is 2. The van der Waals surface area contributed by atoms with Crippen LogP contribution in [0.15, 0.2) is 45.7 Å². The number of thioether (sulfide) groups is 1. The lowest BCUT2D eigenvalue weighted by Crippen LogP contribution is -2.35. The third-order valence-electron chi connectivity index (χ3n) is 4.85. The number of ether oxygens (including phenoxy) is 1. The summed E-state index contributed by atoms with van der Waals surface area (Å²) in [4.78, 5) is 15.3. The van der Waals surface area contributed by atoms with Crippen LogP contribution >= 0.6 is 11.8 Å². The molecular weight excluding hydrogens is 410 g/mol. The summed E-state index contributed by atoms with van der Waals surface area (Å²) in [5.74, 6) is 0.645. The number of aryl methyl sites for hydroxylation is 1. The highest BCUT2D eigenvalue weighted by Gasteiger charge is 2.33. The molecule has 4 rings (SSSR count). The van der Waals surface area contributed by atoms with Gasteiger partial charge in [-0.2, -0.15) is 0 Å². The molecule has 2 aromatic rings. The SMILES string of the molecule is COc1ccc(C)cc1CCNC(=O)c1ccc2c(c1)SC1=NS(=O)(=O)CCN12. The molecule has 0 atom stereocenters. The molecule has 0 unspecified atom stereocenters. The van der Waals surface area contributed by atoms with E-state index in [9.17, 15) is 13.2 Å². The average molecular weight is 432 g/mol. The minimum Gasteiger partial charge on any atom is -0.496 e. The van der Waals surface area contributed by atoms with E-state index in [1.54, 1.807) is 19.2 Å². The van der Waals surface area contributed by atoms with Crippen LogP contribution in [0.2, 0.25) is 0 Å². The molecule has 0 saturated heterocycles. The largest absolute Gasteiger partial charge is 0.496 e. The van der Waals surface area contributed by atoms with E-state index in [2.05, 4.69) is 15.8 Å². The van der Waals surface area contributed by atoms with Crippen molar-refractivity contribution in [3.05, 3.63) is 53.1 Å². The molecular formula is C20H21N3O4S2. The summed E-state index contributed by atoms with van der Waals surface area (Å²) in [5, 5.41) is 3.40. The third-order valence-corrected chi connectivity index (χ3v) is 7.16. The van der Waals surface area contributed by atoms with Crippen molar-refractivity contribution in [3.8, 4) is 5.75 Å². The van der Waals surface area contributed by atoms with Crippen LogP contribution in [-0.4, -0.2) is 45.4 Å². The van der Waals surface area contributed by atoms with Gasteiger partial charge in [-0.1, -0.05) is 17.7 Å². The van der Waals surface area contributed by atoms with Crippen molar-refractivity contribution in [2.45, 2.75) is 18.2 Å². The van der Waals surface area contributed by atoms with Gasteiger partial charge in [0.15, 0.2) is 5.17 Å². The Morgan fingerprint density at radius 2 is 2.10 bits per heavy atom. The number of carbonyl (C=O) groups excluding carboxylic acids is 1. The molecule has 0 spiro atoms. The Morgan fingerprint density at radius 3 is 2.90 bits per heavy atom. The van der Waals surface area contributed by atoms with Gasteiger partial charge in [0, 0.05) is 23.5 Å². The second kappa shape index (κ2) is 7.72. The number of rotatable bonds is 5. The van der Waals surface area contributed by atoms with Crippen LogP contribution in [-0.2, 0) is 16.4 Å². The van der Waals surface area contributed by atoms with E-state index in [-0.39, 0.29) is 11.7 Å². The zero-order valence-electron chi connectivity index (χ0n) is 16.1. The van der Waals surface area contributed by atoms with E-state index in [0.717, 1.165) is 27.5 Å². The average Bonchev–Trinajstić information content (AvgIpc) is 3.03. The standard InChI is InChI=1S/C20H21N3O4S2/c1-13-3-6-17(27-2)14(11-13)7-8-21-19(24)15-4-5-16-18(12-15)28-20-22-29(25,26)10-9-23(16)20/h3-6,11-12H,7-10H2,1-2H3,(H,21,24). The van der Waals surface area contributed by atoms with E-state index in [4.69, 9.17) is 4.74 Å². The number of fused-ring (bicyclic) bond motifs is 3. The second-order valence-corrected chi connectivity index (χ2v) is 9.68. The molecule has 0 saturated carbocycles. The number of benzene rings is 2. The van der Waals surface area contributed by atoms with E-state index in [1.807, 2.05) is 30.0 Å². The molecule has 29 heavy (non-hydrogen) atoms. The normalized spacial score (nSPS) is 16.6. The Kier molecular flexibility index (Phi) is 5.26. The summed E-state index contributed by atoms with van der Waals surface area (Å²) < 4.78 is 32.7. The third kappa shape index (κ3) is 4.11. The van der Waals surface area contributed by atoms with Crippen molar-refractivity contribution in [1.82, 2.24) is 5.32 Å². The molecule has 9 heteroatoms. The minimum atomic E-state index is -3.39. The molecule has 0 aliphatic carbocycles. The van der Waals surface area contributed by atoms with Crippen LogP contribution in [0, 0.1) is 6.92 Å². The number of carbonyl (C=O) groups is 1. The summed E-state index contributed by atoms with van der Waals surface area (Å²) in [6.45, 7) is 2.89. The molecule has 0 aromatic heterocycles. The highest BCUT2D eigenvalue weighted by molar-refractivity contribution is 8.15. The van der Waals surface area contributed by atoms with Crippen LogP contribution in [0.4, 0.5) is 5.69 Å². The van der Waals surface area contributed by atoms with Crippen LogP contribution < -0.4 is 15.0 Å². The van der Waals surface area contributed by atoms with Crippen LogP contribution in [0.1, 0.15) is 21.5 Å². The fourth-order valence-electron chi connectivity index (χ4n) is 3.39. The second-order valence-electron chi connectivity index (χ2n) is 6.92. The van der Waals surface area contributed by atoms with Gasteiger partial charge in [0.1, 0.15) is 5.75 Å². The summed E-state index contributed by atoms with van der Waals surface area (Å²) >= 11 is 1.28. The molecule has 152 valence electrons. The summed E-state index contributed by atoms with van der Waals surface area (Å²) in [6, 6.07) is 11.4. The Bertz CT molecular complexity index is 1110. The Hall–Kier alpha value is -2.52. The molecule has 0 fully saturated rings. The van der Waals surface area contributed by atoms with Crippen LogP contribution in [0.5, 0.6) is 5.75 Å².